The van der Waals surface area contributed by atoms with Gasteiger partial charge in [-0.2, -0.15) is 0 Å². The lowest BCUT2D eigenvalue weighted by Gasteiger charge is -2.21. The van der Waals surface area contributed by atoms with E-state index in [0.717, 1.165) is 36.6 Å². The van der Waals surface area contributed by atoms with E-state index in [1.165, 1.54) is 43.4 Å². The van der Waals surface area contributed by atoms with E-state index in [1.807, 2.05) is 12.1 Å². The first kappa shape index (κ1) is 17.5. The van der Waals surface area contributed by atoms with Gasteiger partial charge in [-0.3, -0.25) is 9.78 Å². The van der Waals surface area contributed by atoms with Gasteiger partial charge in [0.15, 0.2) is 0 Å². The lowest BCUT2D eigenvalue weighted by atomic mass is 9.87. The quantitative estimate of drug-likeness (QED) is 0.857. The number of piperidine rings is 1. The summed E-state index contributed by atoms with van der Waals surface area (Å²) in [5.41, 5.74) is 1.86. The minimum atomic E-state index is -0.199. The summed E-state index contributed by atoms with van der Waals surface area (Å²) in [7, 11) is 0. The van der Waals surface area contributed by atoms with E-state index in [0.29, 0.717) is 22.5 Å². The molecule has 0 unspecified atom stereocenters. The minimum absolute atomic E-state index is 0.199. The number of nitrogens with one attached hydrogen (secondary N) is 2. The Kier molecular flexibility index (Phi) is 5.55. The van der Waals surface area contributed by atoms with Crippen molar-refractivity contribution >= 4 is 22.9 Å². The van der Waals surface area contributed by atoms with Crippen LogP contribution in [0.15, 0.2) is 18.3 Å². The van der Waals surface area contributed by atoms with Gasteiger partial charge in [-0.05, 0) is 50.9 Å². The molecule has 1 amide bonds. The molecule has 26 heavy (non-hydrogen) atoms. The number of nitrogens with zero attached hydrogens (tertiary/aromatic N) is 3. The molecule has 0 radical (unpaired) electrons. The fourth-order valence-corrected chi connectivity index (χ4v) is 4.77. The monoisotopic (exact) mass is 371 g/mol. The molecule has 2 aromatic heterocycles. The molecule has 1 saturated heterocycles. The van der Waals surface area contributed by atoms with Crippen LogP contribution >= 0.6 is 11.3 Å². The zero-order chi connectivity index (χ0) is 17.8. The number of aromatic nitrogens is 3. The van der Waals surface area contributed by atoms with Gasteiger partial charge in [-0.1, -0.05) is 30.6 Å². The summed E-state index contributed by atoms with van der Waals surface area (Å²) in [6.45, 7) is 2.01. The number of pyridine rings is 1. The number of hydrogen-bond donors (Lipinski definition) is 2. The number of carbonyl (C=O) groups excluding carboxylic acids is 1. The summed E-state index contributed by atoms with van der Waals surface area (Å²) in [6.07, 6.45) is 10.3. The van der Waals surface area contributed by atoms with Crippen LogP contribution in [0.5, 0.6) is 0 Å². The Labute approximate surface area is 157 Å². The second kappa shape index (κ2) is 8.22. The van der Waals surface area contributed by atoms with Crippen LogP contribution in [0, 0.1) is 0 Å². The fraction of sp³-hybridized carbons (Fsp3) is 0.579. The normalized spacial score (nSPS) is 19.4. The molecule has 0 aromatic carbocycles. The summed E-state index contributed by atoms with van der Waals surface area (Å²) < 4.78 is 0. The third-order valence-corrected chi connectivity index (χ3v) is 6.48. The lowest BCUT2D eigenvalue weighted by molar-refractivity contribution is 0.102. The zero-order valence-electron chi connectivity index (χ0n) is 14.9. The molecule has 2 N–H and O–H groups in total. The van der Waals surface area contributed by atoms with Crippen molar-refractivity contribution in [2.75, 3.05) is 18.4 Å². The average Bonchev–Trinajstić information content (AvgIpc) is 3.20. The average molecular weight is 372 g/mol. The Morgan fingerprint density at radius 3 is 2.58 bits per heavy atom. The van der Waals surface area contributed by atoms with E-state index < -0.39 is 0 Å². The first-order chi connectivity index (χ1) is 12.8. The molecule has 1 saturated carbocycles. The maximum Gasteiger partial charge on any atom is 0.286 e. The van der Waals surface area contributed by atoms with Gasteiger partial charge >= 0.3 is 0 Å². The lowest BCUT2D eigenvalue weighted by Crippen LogP contribution is -2.26. The molecule has 6 nitrogen and oxygen atoms in total. The van der Waals surface area contributed by atoms with Crippen molar-refractivity contribution in [1.82, 2.24) is 20.5 Å². The highest BCUT2D eigenvalue weighted by Gasteiger charge is 2.22. The first-order valence-electron chi connectivity index (χ1n) is 9.61. The third kappa shape index (κ3) is 4.10. The molecule has 3 heterocycles. The Bertz CT molecular complexity index is 733. The molecule has 2 fully saturated rings. The molecule has 138 valence electrons. The predicted octanol–water partition coefficient (Wildman–Crippen LogP) is 3.70. The zero-order valence-corrected chi connectivity index (χ0v) is 15.7. The van der Waals surface area contributed by atoms with Crippen molar-refractivity contribution in [3.8, 4) is 0 Å². The van der Waals surface area contributed by atoms with E-state index in [9.17, 15) is 4.79 Å². The summed E-state index contributed by atoms with van der Waals surface area (Å²) in [5.74, 6) is 0.797. The van der Waals surface area contributed by atoms with Crippen molar-refractivity contribution in [2.24, 2.45) is 0 Å². The van der Waals surface area contributed by atoms with Crippen molar-refractivity contribution < 1.29 is 4.79 Å². The van der Waals surface area contributed by atoms with Gasteiger partial charge in [0.1, 0.15) is 5.01 Å². The Hall–Kier alpha value is -1.86. The van der Waals surface area contributed by atoms with E-state index in [2.05, 4.69) is 25.8 Å². The first-order valence-corrected chi connectivity index (χ1v) is 10.4. The predicted molar refractivity (Wildman–Crippen MR) is 103 cm³/mol. The SMILES string of the molecule is O=C(Nc1ccc(C2CCCCC2)nc1)c1nnc(C2CCNCC2)s1. The Morgan fingerprint density at radius 1 is 1.04 bits per heavy atom. The Balaban J connectivity index is 1.37. The fourth-order valence-electron chi connectivity index (χ4n) is 3.86. The van der Waals surface area contributed by atoms with Crippen LogP contribution in [-0.4, -0.2) is 34.2 Å². The van der Waals surface area contributed by atoms with Gasteiger partial charge in [0.05, 0.1) is 11.9 Å². The van der Waals surface area contributed by atoms with Gasteiger partial charge in [-0.25, -0.2) is 0 Å². The number of anilines is 1. The highest BCUT2D eigenvalue weighted by molar-refractivity contribution is 7.13. The largest absolute Gasteiger partial charge is 0.318 e. The van der Waals surface area contributed by atoms with Crippen molar-refractivity contribution in [3.05, 3.63) is 34.0 Å². The van der Waals surface area contributed by atoms with Gasteiger partial charge in [-0.15, -0.1) is 10.2 Å². The molecule has 0 atom stereocenters. The standard InChI is InChI=1S/C19H25N5OS/c25-17(19-24-23-18(26-19)14-8-10-20-11-9-14)22-15-6-7-16(21-12-15)13-4-2-1-3-5-13/h6-7,12-14,20H,1-5,8-11H2,(H,22,25). The van der Waals surface area contributed by atoms with Crippen LogP contribution in [0.3, 0.4) is 0 Å². The van der Waals surface area contributed by atoms with E-state index in [4.69, 9.17) is 0 Å². The van der Waals surface area contributed by atoms with Gasteiger partial charge < -0.3 is 10.6 Å². The minimum Gasteiger partial charge on any atom is -0.318 e. The Morgan fingerprint density at radius 2 is 1.85 bits per heavy atom. The van der Waals surface area contributed by atoms with Gasteiger partial charge in [0.2, 0.25) is 5.01 Å². The molecule has 0 spiro atoms. The van der Waals surface area contributed by atoms with Crippen molar-refractivity contribution in [2.45, 2.75) is 56.8 Å². The second-order valence-corrected chi connectivity index (χ2v) is 8.24. The summed E-state index contributed by atoms with van der Waals surface area (Å²) in [6, 6.07) is 4.00. The number of carbonyl (C=O) groups is 1. The number of amides is 1. The third-order valence-electron chi connectivity index (χ3n) is 5.39. The summed E-state index contributed by atoms with van der Waals surface area (Å²) in [4.78, 5) is 17.0. The van der Waals surface area contributed by atoms with Gasteiger partial charge in [0, 0.05) is 17.5 Å². The highest BCUT2D eigenvalue weighted by atomic mass is 32.1. The van der Waals surface area contributed by atoms with Crippen molar-refractivity contribution in [3.63, 3.8) is 0 Å². The topological polar surface area (TPSA) is 79.8 Å². The smallest absolute Gasteiger partial charge is 0.286 e. The van der Waals surface area contributed by atoms with Crippen LogP contribution in [0.25, 0.3) is 0 Å². The van der Waals surface area contributed by atoms with Gasteiger partial charge in [0.25, 0.3) is 5.91 Å². The van der Waals surface area contributed by atoms with Crippen LogP contribution in [-0.2, 0) is 0 Å². The molecule has 1 aliphatic heterocycles. The number of hydrogen-bond acceptors (Lipinski definition) is 6. The van der Waals surface area contributed by atoms with Crippen molar-refractivity contribution in [1.29, 1.82) is 0 Å². The van der Waals surface area contributed by atoms with Crippen LogP contribution in [0.2, 0.25) is 0 Å². The van der Waals surface area contributed by atoms with Crippen LogP contribution in [0.1, 0.15) is 77.3 Å². The molecule has 2 aromatic rings. The molecule has 4 rings (SSSR count). The summed E-state index contributed by atoms with van der Waals surface area (Å²) >= 11 is 1.41. The second-order valence-electron chi connectivity index (χ2n) is 7.23. The molecule has 2 aliphatic rings. The molecule has 1 aliphatic carbocycles. The highest BCUT2D eigenvalue weighted by Crippen LogP contribution is 2.32. The summed E-state index contributed by atoms with van der Waals surface area (Å²) in [5, 5.41) is 16.0. The molecular formula is C19H25N5OS. The molecular weight excluding hydrogens is 346 g/mol. The van der Waals surface area contributed by atoms with E-state index in [1.54, 1.807) is 6.20 Å². The maximum atomic E-state index is 12.5. The van der Waals surface area contributed by atoms with Crippen LogP contribution in [0.4, 0.5) is 5.69 Å². The molecule has 7 heteroatoms. The molecule has 0 bridgehead atoms. The number of rotatable bonds is 4. The van der Waals surface area contributed by atoms with E-state index >= 15 is 0 Å². The van der Waals surface area contributed by atoms with E-state index in [-0.39, 0.29) is 5.91 Å². The maximum absolute atomic E-state index is 12.5. The van der Waals surface area contributed by atoms with Crippen LogP contribution < -0.4 is 10.6 Å².